The summed E-state index contributed by atoms with van der Waals surface area (Å²) in [6.45, 7) is 0. The van der Waals surface area contributed by atoms with Gasteiger partial charge < -0.3 is 4.57 Å². The van der Waals surface area contributed by atoms with Crippen molar-refractivity contribution in [2.75, 3.05) is 0 Å². The lowest BCUT2D eigenvalue weighted by Gasteiger charge is -2.30. The number of fused-ring (bicyclic) bond motifs is 14. The van der Waals surface area contributed by atoms with Crippen LogP contribution in [0, 0.1) is 0 Å². The van der Waals surface area contributed by atoms with Gasteiger partial charge in [0.25, 0.3) is 0 Å². The molecule has 0 saturated carbocycles. The van der Waals surface area contributed by atoms with Gasteiger partial charge >= 0.3 is 0 Å². The molecule has 1 aromatic heterocycles. The van der Waals surface area contributed by atoms with Gasteiger partial charge in [0.2, 0.25) is 0 Å². The number of aromatic nitrogens is 1. The third-order valence-corrected chi connectivity index (χ3v) is 14.6. The molecule has 0 unspecified atom stereocenters. The van der Waals surface area contributed by atoms with E-state index >= 15 is 4.57 Å². The third kappa shape index (κ3) is 4.05. The molecule has 1 heterocycles. The molecular weight excluding hydrogens is 662 g/mol. The first-order chi connectivity index (χ1) is 26.2. The first-order valence-electron chi connectivity index (χ1n) is 18.2. The highest BCUT2D eigenvalue weighted by atomic mass is 31.2. The van der Waals surface area contributed by atoms with Crippen LogP contribution >= 0.6 is 7.14 Å². The van der Waals surface area contributed by atoms with Crippen molar-refractivity contribution in [3.05, 3.63) is 216 Å². The Labute approximate surface area is 308 Å². The summed E-state index contributed by atoms with van der Waals surface area (Å²) in [5.74, 6) is 0. The minimum absolute atomic E-state index is 0.435. The molecule has 0 bridgehead atoms. The fourth-order valence-electron chi connectivity index (χ4n) is 9.42. The number of pyridine rings is 1. The number of nitrogens with zero attached hydrogens (tertiary/aromatic N) is 1. The zero-order valence-electron chi connectivity index (χ0n) is 28.8. The second kappa shape index (κ2) is 11.3. The first kappa shape index (κ1) is 30.3. The Morgan fingerprint density at radius 3 is 1.60 bits per heavy atom. The quantitative estimate of drug-likeness (QED) is 0.136. The zero-order valence-corrected chi connectivity index (χ0v) is 29.7. The SMILES string of the molecule is O=P(c1ccccc1)(c1ccccc1)c1cccc(-c2nc3ccccc3c3c4c(ccc23)C2(c3ccccc3-c3ccccc32)c2ccccc2-4)c1. The standard InChI is InChI=1S/C50H32NOP/c52-53(34-17-3-1-4-18-34,35-19-5-2-6-20-35)36-21-15-16-33(32-36)49-41-30-31-45-48(47(41)40-25-10-14-29-46(40)51-49)39-24-9-13-28-44(39)50(45)42-26-11-7-22-37(42)38-23-8-12-27-43(38)50/h1-32H. The van der Waals surface area contributed by atoms with Crippen LogP contribution in [0.1, 0.15) is 22.3 Å². The maximum absolute atomic E-state index is 15.5. The molecule has 2 aliphatic rings. The lowest BCUT2D eigenvalue weighted by molar-refractivity contribution is 0.592. The predicted octanol–water partition coefficient (Wildman–Crippen LogP) is 11.0. The fraction of sp³-hybridized carbons (Fsp3) is 0.0200. The molecule has 0 atom stereocenters. The molecule has 0 N–H and O–H groups in total. The van der Waals surface area contributed by atoms with E-state index in [0.717, 1.165) is 43.5 Å². The molecule has 3 heteroatoms. The van der Waals surface area contributed by atoms with E-state index in [4.69, 9.17) is 4.98 Å². The monoisotopic (exact) mass is 693 g/mol. The molecule has 9 aromatic rings. The average molecular weight is 694 g/mol. The Hall–Kier alpha value is -6.34. The van der Waals surface area contributed by atoms with Gasteiger partial charge in [-0.15, -0.1) is 0 Å². The summed E-state index contributed by atoms with van der Waals surface area (Å²) in [7, 11) is -3.20. The van der Waals surface area contributed by atoms with Crippen LogP contribution in [0.4, 0.5) is 0 Å². The third-order valence-electron chi connectivity index (χ3n) is 11.5. The number of benzene rings is 8. The first-order valence-corrected chi connectivity index (χ1v) is 19.9. The molecule has 1 spiro atoms. The summed E-state index contributed by atoms with van der Waals surface area (Å²) in [5, 5.41) is 5.84. The molecule has 0 fully saturated rings. The molecule has 0 aliphatic heterocycles. The van der Waals surface area contributed by atoms with E-state index in [9.17, 15) is 0 Å². The normalized spacial score (nSPS) is 13.5. The van der Waals surface area contributed by atoms with Crippen molar-refractivity contribution in [3.63, 3.8) is 0 Å². The molecule has 0 radical (unpaired) electrons. The van der Waals surface area contributed by atoms with E-state index in [1.165, 1.54) is 49.9 Å². The molecule has 2 nitrogen and oxygen atoms in total. The Kier molecular flexibility index (Phi) is 6.48. The van der Waals surface area contributed by atoms with Crippen LogP contribution in [-0.4, -0.2) is 4.98 Å². The van der Waals surface area contributed by atoms with Gasteiger partial charge in [0.05, 0.1) is 16.6 Å². The molecular formula is C50H32NOP. The number of para-hydroxylation sites is 1. The van der Waals surface area contributed by atoms with Gasteiger partial charge in [-0.25, -0.2) is 4.98 Å². The van der Waals surface area contributed by atoms with Crippen molar-refractivity contribution in [1.29, 1.82) is 0 Å². The van der Waals surface area contributed by atoms with Crippen LogP contribution in [0.25, 0.3) is 55.2 Å². The van der Waals surface area contributed by atoms with E-state index < -0.39 is 12.6 Å². The number of rotatable bonds is 4. The number of hydrogen-bond acceptors (Lipinski definition) is 2. The van der Waals surface area contributed by atoms with Crippen LogP contribution in [-0.2, 0) is 9.98 Å². The lowest BCUT2D eigenvalue weighted by atomic mass is 9.70. The fourth-order valence-corrected chi connectivity index (χ4v) is 12.1. The molecule has 0 saturated heterocycles. The summed E-state index contributed by atoms with van der Waals surface area (Å²) in [6.07, 6.45) is 0. The highest BCUT2D eigenvalue weighted by Gasteiger charge is 2.52. The Balaban J connectivity index is 1.22. The number of hydrogen-bond donors (Lipinski definition) is 0. The highest BCUT2D eigenvalue weighted by molar-refractivity contribution is 7.85. The van der Waals surface area contributed by atoms with E-state index in [1.54, 1.807) is 0 Å². The minimum Gasteiger partial charge on any atom is -0.309 e. The Morgan fingerprint density at radius 1 is 0.415 bits per heavy atom. The topological polar surface area (TPSA) is 30.0 Å². The van der Waals surface area contributed by atoms with E-state index in [0.29, 0.717) is 0 Å². The van der Waals surface area contributed by atoms with Gasteiger partial charge in [-0.05, 0) is 56.6 Å². The minimum atomic E-state index is -3.20. The molecule has 8 aromatic carbocycles. The maximum Gasteiger partial charge on any atom is 0.171 e. The predicted molar refractivity (Wildman–Crippen MR) is 220 cm³/mol. The van der Waals surface area contributed by atoms with Gasteiger partial charge in [-0.1, -0.05) is 182 Å². The molecule has 0 amide bonds. The van der Waals surface area contributed by atoms with Crippen LogP contribution in [0.3, 0.4) is 0 Å². The van der Waals surface area contributed by atoms with Crippen molar-refractivity contribution >= 4 is 44.7 Å². The summed E-state index contributed by atoms with van der Waals surface area (Å²) >= 11 is 0. The highest BCUT2D eigenvalue weighted by Crippen LogP contribution is 2.64. The second-order valence-corrected chi connectivity index (χ2v) is 16.9. The van der Waals surface area contributed by atoms with E-state index in [-0.39, 0.29) is 0 Å². The van der Waals surface area contributed by atoms with Crippen LogP contribution in [0.15, 0.2) is 194 Å². The summed E-state index contributed by atoms with van der Waals surface area (Å²) < 4.78 is 15.5. The average Bonchev–Trinajstić information content (AvgIpc) is 3.71. The van der Waals surface area contributed by atoms with Gasteiger partial charge in [0.15, 0.2) is 7.14 Å². The van der Waals surface area contributed by atoms with Gasteiger partial charge in [-0.2, -0.15) is 0 Å². The zero-order chi connectivity index (χ0) is 35.1. The van der Waals surface area contributed by atoms with Crippen LogP contribution in [0.5, 0.6) is 0 Å². The van der Waals surface area contributed by atoms with Crippen molar-refractivity contribution in [2.24, 2.45) is 0 Å². The molecule has 248 valence electrons. The molecule has 11 rings (SSSR count). The van der Waals surface area contributed by atoms with Gasteiger partial charge in [0, 0.05) is 37.6 Å². The summed E-state index contributed by atoms with van der Waals surface area (Å²) in [6, 6.07) is 68.1. The second-order valence-electron chi connectivity index (χ2n) is 14.1. The van der Waals surface area contributed by atoms with Crippen molar-refractivity contribution in [3.8, 4) is 33.5 Å². The maximum atomic E-state index is 15.5. The van der Waals surface area contributed by atoms with Gasteiger partial charge in [-0.3, -0.25) is 0 Å². The largest absolute Gasteiger partial charge is 0.309 e. The van der Waals surface area contributed by atoms with Gasteiger partial charge in [0.1, 0.15) is 0 Å². The van der Waals surface area contributed by atoms with E-state index in [1.807, 2.05) is 72.8 Å². The van der Waals surface area contributed by atoms with Crippen LogP contribution in [0.2, 0.25) is 0 Å². The summed E-state index contributed by atoms with van der Waals surface area (Å²) in [5.41, 5.74) is 12.7. The molecule has 53 heavy (non-hydrogen) atoms. The lowest BCUT2D eigenvalue weighted by Crippen LogP contribution is -2.25. The van der Waals surface area contributed by atoms with Crippen molar-refractivity contribution in [1.82, 2.24) is 4.98 Å². The van der Waals surface area contributed by atoms with Crippen LogP contribution < -0.4 is 15.9 Å². The Morgan fingerprint density at radius 2 is 0.943 bits per heavy atom. The molecule has 2 aliphatic carbocycles. The van der Waals surface area contributed by atoms with E-state index in [2.05, 4.69) is 121 Å². The Bertz CT molecular complexity index is 2900. The summed E-state index contributed by atoms with van der Waals surface area (Å²) in [4.78, 5) is 5.39. The van der Waals surface area contributed by atoms with Crippen molar-refractivity contribution in [2.45, 2.75) is 5.41 Å². The smallest absolute Gasteiger partial charge is 0.171 e. The van der Waals surface area contributed by atoms with Crippen molar-refractivity contribution < 1.29 is 4.57 Å².